The van der Waals surface area contributed by atoms with Crippen LogP contribution in [0.3, 0.4) is 0 Å². The van der Waals surface area contributed by atoms with E-state index in [1.807, 2.05) is 0 Å². The summed E-state index contributed by atoms with van der Waals surface area (Å²) in [5.41, 5.74) is 1.05. The molecule has 0 amide bonds. The third-order valence-electron chi connectivity index (χ3n) is 4.73. The number of nitrogens with zero attached hydrogens (tertiary/aromatic N) is 2. The first-order valence-corrected chi connectivity index (χ1v) is 12.0. The number of hydrogen-bond donors (Lipinski definition) is 1. The Kier molecular flexibility index (Phi) is 6.34. The van der Waals surface area contributed by atoms with Gasteiger partial charge in [0.05, 0.1) is 17.3 Å². The normalized spacial score (nSPS) is 18.0. The van der Waals surface area contributed by atoms with Crippen molar-refractivity contribution in [2.75, 3.05) is 25.5 Å². The van der Waals surface area contributed by atoms with Crippen LogP contribution in [-0.4, -0.2) is 51.6 Å². The van der Waals surface area contributed by atoms with Crippen molar-refractivity contribution in [1.82, 2.24) is 9.21 Å². The van der Waals surface area contributed by atoms with Gasteiger partial charge in [-0.2, -0.15) is 4.31 Å². The average Bonchev–Trinajstić information content (AvgIpc) is 2.64. The fourth-order valence-electron chi connectivity index (χ4n) is 3.08. The average molecular weight is 446 g/mol. The van der Waals surface area contributed by atoms with Crippen LogP contribution in [0.25, 0.3) is 0 Å². The van der Waals surface area contributed by atoms with E-state index in [2.05, 4.69) is 0 Å². The molecule has 0 aliphatic carbocycles. The van der Waals surface area contributed by atoms with Gasteiger partial charge in [-0.15, -0.1) is 0 Å². The van der Waals surface area contributed by atoms with E-state index in [1.165, 1.54) is 28.6 Å². The van der Waals surface area contributed by atoms with Crippen LogP contribution in [0.2, 0.25) is 0 Å². The summed E-state index contributed by atoms with van der Waals surface area (Å²) in [6.07, 6.45) is 0.378. The van der Waals surface area contributed by atoms with E-state index in [9.17, 15) is 25.6 Å². The minimum absolute atomic E-state index is 0.0145. The van der Waals surface area contributed by atoms with E-state index in [1.54, 1.807) is 17.0 Å². The first kappa shape index (κ1) is 21.8. The SMILES string of the molecule is NS(=O)(=O)c1ccc(CCN2CN(Cc3ccc(F)cc3F)CCS2(=O)=O)cc1. The summed E-state index contributed by atoms with van der Waals surface area (Å²) >= 11 is 0. The van der Waals surface area contributed by atoms with Crippen molar-refractivity contribution in [2.24, 2.45) is 5.14 Å². The minimum Gasteiger partial charge on any atom is -0.284 e. The van der Waals surface area contributed by atoms with Crippen LogP contribution >= 0.6 is 0 Å². The van der Waals surface area contributed by atoms with Crippen molar-refractivity contribution >= 4 is 20.0 Å². The number of benzene rings is 2. The molecule has 0 radical (unpaired) electrons. The Labute approximate surface area is 168 Å². The van der Waals surface area contributed by atoms with Crippen molar-refractivity contribution in [3.63, 3.8) is 0 Å². The Morgan fingerprint density at radius 3 is 2.38 bits per heavy atom. The number of hydrogen-bond acceptors (Lipinski definition) is 5. The van der Waals surface area contributed by atoms with Crippen LogP contribution in [0, 0.1) is 11.6 Å². The smallest absolute Gasteiger partial charge is 0.238 e. The van der Waals surface area contributed by atoms with Crippen molar-refractivity contribution < 1.29 is 25.6 Å². The summed E-state index contributed by atoms with van der Waals surface area (Å²) in [7, 11) is -7.23. The fourth-order valence-corrected chi connectivity index (χ4v) is 5.06. The molecule has 1 aliphatic heterocycles. The molecule has 2 N–H and O–H groups in total. The molecule has 3 rings (SSSR count). The molecule has 0 atom stereocenters. The van der Waals surface area contributed by atoms with E-state index in [4.69, 9.17) is 5.14 Å². The molecule has 158 valence electrons. The van der Waals surface area contributed by atoms with Gasteiger partial charge >= 0.3 is 0 Å². The van der Waals surface area contributed by atoms with Gasteiger partial charge in [0.1, 0.15) is 11.6 Å². The van der Waals surface area contributed by atoms with Crippen LogP contribution in [0.4, 0.5) is 8.78 Å². The summed E-state index contributed by atoms with van der Waals surface area (Å²) < 4.78 is 75.6. The molecular formula is C18H21F2N3O4S2. The van der Waals surface area contributed by atoms with Gasteiger partial charge in [0, 0.05) is 31.3 Å². The number of primary sulfonamides is 1. The maximum absolute atomic E-state index is 13.9. The molecule has 11 heteroatoms. The van der Waals surface area contributed by atoms with Gasteiger partial charge in [0.25, 0.3) is 0 Å². The Hall–Kier alpha value is -1.92. The second kappa shape index (κ2) is 8.44. The Balaban J connectivity index is 1.65. The van der Waals surface area contributed by atoms with Crippen molar-refractivity contribution in [3.8, 4) is 0 Å². The van der Waals surface area contributed by atoms with Gasteiger partial charge in [-0.25, -0.2) is 30.8 Å². The standard InChI is InChI=1S/C18H21F2N3O4S2/c19-16-4-3-15(18(20)11-16)12-22-9-10-28(24,25)23(13-22)8-7-14-1-5-17(6-2-14)29(21,26)27/h1-6,11H,7-10,12-13H2,(H2,21,26,27). The fraction of sp³-hybridized carbons (Fsp3) is 0.333. The third-order valence-corrected chi connectivity index (χ3v) is 7.44. The minimum atomic E-state index is -3.78. The predicted octanol–water partition coefficient (Wildman–Crippen LogP) is 1.26. The van der Waals surface area contributed by atoms with Gasteiger partial charge in [-0.3, -0.25) is 4.90 Å². The Morgan fingerprint density at radius 1 is 1.07 bits per heavy atom. The Bertz CT molecular complexity index is 1090. The molecule has 1 aliphatic rings. The van der Waals surface area contributed by atoms with Crippen molar-refractivity contribution in [1.29, 1.82) is 0 Å². The quantitative estimate of drug-likeness (QED) is 0.722. The molecule has 29 heavy (non-hydrogen) atoms. The lowest BCUT2D eigenvalue weighted by Gasteiger charge is -2.35. The van der Waals surface area contributed by atoms with E-state index >= 15 is 0 Å². The van der Waals surface area contributed by atoms with Gasteiger partial charge in [-0.05, 0) is 30.2 Å². The van der Waals surface area contributed by atoms with Gasteiger partial charge < -0.3 is 0 Å². The second-order valence-corrected chi connectivity index (χ2v) is 10.5. The molecule has 7 nitrogen and oxygen atoms in total. The van der Waals surface area contributed by atoms with Gasteiger partial charge in [0.2, 0.25) is 20.0 Å². The van der Waals surface area contributed by atoms with Crippen LogP contribution < -0.4 is 5.14 Å². The van der Waals surface area contributed by atoms with Crippen molar-refractivity contribution in [3.05, 3.63) is 65.2 Å². The second-order valence-electron chi connectivity index (χ2n) is 6.86. The van der Waals surface area contributed by atoms with Crippen molar-refractivity contribution in [2.45, 2.75) is 17.9 Å². The summed E-state index contributed by atoms with van der Waals surface area (Å²) in [5, 5.41) is 5.06. The highest BCUT2D eigenvalue weighted by molar-refractivity contribution is 7.89. The molecule has 1 fully saturated rings. The number of sulfonamides is 2. The zero-order chi connectivity index (χ0) is 21.2. The third kappa shape index (κ3) is 5.58. The molecular weight excluding hydrogens is 424 g/mol. The topological polar surface area (TPSA) is 101 Å². The highest BCUT2D eigenvalue weighted by atomic mass is 32.2. The predicted molar refractivity (Wildman–Crippen MR) is 104 cm³/mol. The highest BCUT2D eigenvalue weighted by Gasteiger charge is 2.30. The van der Waals surface area contributed by atoms with Gasteiger partial charge in [-0.1, -0.05) is 18.2 Å². The van der Waals surface area contributed by atoms with Gasteiger partial charge in [0.15, 0.2) is 0 Å². The molecule has 2 aromatic carbocycles. The molecule has 1 saturated heterocycles. The zero-order valence-corrected chi connectivity index (χ0v) is 17.1. The molecule has 0 aromatic heterocycles. The zero-order valence-electron chi connectivity index (χ0n) is 15.5. The highest BCUT2D eigenvalue weighted by Crippen LogP contribution is 2.18. The molecule has 0 bridgehead atoms. The van der Waals surface area contributed by atoms with Crippen LogP contribution in [0.1, 0.15) is 11.1 Å². The molecule has 0 unspecified atom stereocenters. The largest absolute Gasteiger partial charge is 0.284 e. The van der Waals surface area contributed by atoms with E-state index in [-0.39, 0.29) is 37.0 Å². The first-order chi connectivity index (χ1) is 13.5. The number of nitrogens with two attached hydrogens (primary N) is 1. The lowest BCUT2D eigenvalue weighted by atomic mass is 10.1. The van der Waals surface area contributed by atoms with E-state index in [0.717, 1.165) is 11.6 Å². The molecule has 0 saturated carbocycles. The Morgan fingerprint density at radius 2 is 1.76 bits per heavy atom. The maximum Gasteiger partial charge on any atom is 0.238 e. The molecule has 0 spiro atoms. The maximum atomic E-state index is 13.9. The summed E-state index contributed by atoms with van der Waals surface area (Å²) in [5.74, 6) is -1.43. The monoisotopic (exact) mass is 445 g/mol. The lowest BCUT2D eigenvalue weighted by molar-refractivity contribution is 0.176. The molecule has 1 heterocycles. The van der Waals surface area contributed by atoms with E-state index in [0.29, 0.717) is 12.0 Å². The summed E-state index contributed by atoms with van der Waals surface area (Å²) in [4.78, 5) is 1.76. The van der Waals surface area contributed by atoms with Crippen LogP contribution in [0.15, 0.2) is 47.4 Å². The van der Waals surface area contributed by atoms with Crippen LogP contribution in [0.5, 0.6) is 0 Å². The summed E-state index contributed by atoms with van der Waals surface area (Å²) in [6.45, 7) is 0.702. The number of halogens is 2. The van der Waals surface area contributed by atoms with E-state index < -0.39 is 31.7 Å². The molecule has 2 aromatic rings. The lowest BCUT2D eigenvalue weighted by Crippen LogP contribution is -2.50. The number of rotatable bonds is 6. The first-order valence-electron chi connectivity index (χ1n) is 8.80. The summed E-state index contributed by atoms with van der Waals surface area (Å²) in [6, 6.07) is 9.24. The van der Waals surface area contributed by atoms with Crippen LogP contribution in [-0.2, 0) is 33.0 Å².